The van der Waals surface area contributed by atoms with Gasteiger partial charge in [-0.3, -0.25) is 19.2 Å². The van der Waals surface area contributed by atoms with Crippen molar-refractivity contribution >= 4 is 23.6 Å². The van der Waals surface area contributed by atoms with E-state index in [0.29, 0.717) is 0 Å². The van der Waals surface area contributed by atoms with Gasteiger partial charge in [0.05, 0.1) is 0 Å². The Bertz CT molecular complexity index is 633. The first-order chi connectivity index (χ1) is 11.7. The molecule has 0 bridgehead atoms. The van der Waals surface area contributed by atoms with Gasteiger partial charge in [-0.05, 0) is 19.4 Å². The molecule has 0 spiro atoms. The fourth-order valence-electron chi connectivity index (χ4n) is 2.09. The quantitative estimate of drug-likeness (QED) is 0.491. The molecule has 8 heteroatoms. The lowest BCUT2D eigenvalue weighted by Gasteiger charge is -2.21. The molecule has 5 N–H and O–H groups in total. The maximum absolute atomic E-state index is 12.4. The van der Waals surface area contributed by atoms with Gasteiger partial charge in [0.25, 0.3) is 0 Å². The Morgan fingerprint density at radius 2 is 1.48 bits per heavy atom. The molecule has 1 rings (SSSR count). The summed E-state index contributed by atoms with van der Waals surface area (Å²) in [4.78, 5) is 46.7. The van der Waals surface area contributed by atoms with Gasteiger partial charge in [-0.25, -0.2) is 0 Å². The summed E-state index contributed by atoms with van der Waals surface area (Å²) in [5, 5.41) is 7.50. The van der Waals surface area contributed by atoms with Gasteiger partial charge in [0, 0.05) is 13.3 Å². The molecule has 136 valence electrons. The van der Waals surface area contributed by atoms with E-state index in [9.17, 15) is 19.2 Å². The van der Waals surface area contributed by atoms with Gasteiger partial charge < -0.3 is 21.7 Å². The van der Waals surface area contributed by atoms with E-state index in [4.69, 9.17) is 5.73 Å². The first kappa shape index (κ1) is 20.1. The SMILES string of the molecule is CC(=O)N[C@@H](Cc1ccccc1)C(=O)N[C@@H](C)C(=O)N[C@@H](C)C(N)=O. The second-order valence-corrected chi connectivity index (χ2v) is 5.81. The number of carbonyl (C=O) groups excluding carboxylic acids is 4. The molecule has 1 aromatic rings. The van der Waals surface area contributed by atoms with Crippen LogP contribution < -0.4 is 21.7 Å². The monoisotopic (exact) mass is 348 g/mol. The summed E-state index contributed by atoms with van der Waals surface area (Å²) >= 11 is 0. The van der Waals surface area contributed by atoms with E-state index in [2.05, 4.69) is 16.0 Å². The summed E-state index contributed by atoms with van der Waals surface area (Å²) in [5.74, 6) is -2.06. The Labute approximate surface area is 146 Å². The normalized spacial score (nSPS) is 13.9. The smallest absolute Gasteiger partial charge is 0.243 e. The molecule has 8 nitrogen and oxygen atoms in total. The number of primary amides is 1. The highest BCUT2D eigenvalue weighted by molar-refractivity contribution is 5.93. The molecule has 25 heavy (non-hydrogen) atoms. The summed E-state index contributed by atoms with van der Waals surface area (Å²) < 4.78 is 0. The molecular formula is C17H24N4O4. The van der Waals surface area contributed by atoms with E-state index in [1.54, 1.807) is 0 Å². The lowest BCUT2D eigenvalue weighted by Crippen LogP contribution is -2.55. The molecule has 0 radical (unpaired) electrons. The average Bonchev–Trinajstić information content (AvgIpc) is 2.54. The fraction of sp³-hybridized carbons (Fsp3) is 0.412. The van der Waals surface area contributed by atoms with Crippen LogP contribution in [0.3, 0.4) is 0 Å². The number of nitrogens with two attached hydrogens (primary N) is 1. The largest absolute Gasteiger partial charge is 0.368 e. The summed E-state index contributed by atoms with van der Waals surface area (Å²) in [6, 6.07) is 6.65. The van der Waals surface area contributed by atoms with E-state index in [1.807, 2.05) is 30.3 Å². The molecule has 0 fully saturated rings. The summed E-state index contributed by atoms with van der Waals surface area (Å²) in [6.45, 7) is 4.24. The third-order valence-electron chi connectivity index (χ3n) is 3.51. The highest BCUT2D eigenvalue weighted by Crippen LogP contribution is 2.04. The molecule has 0 aromatic heterocycles. The molecule has 0 aliphatic carbocycles. The standard InChI is InChI=1S/C17H24N4O4/c1-10(15(18)23)19-16(24)11(2)20-17(25)14(21-12(3)22)9-13-7-5-4-6-8-13/h4-8,10-11,14H,9H2,1-3H3,(H2,18,23)(H,19,24)(H,20,25)(H,21,22)/t10-,11-,14-/m0/s1. The number of rotatable bonds is 8. The highest BCUT2D eigenvalue weighted by atomic mass is 16.2. The van der Waals surface area contributed by atoms with Gasteiger partial charge in [-0.2, -0.15) is 0 Å². The topological polar surface area (TPSA) is 130 Å². The zero-order chi connectivity index (χ0) is 19.0. The lowest BCUT2D eigenvalue weighted by molar-refractivity contribution is -0.132. The molecule has 0 unspecified atom stereocenters. The molecule has 0 saturated carbocycles. The zero-order valence-electron chi connectivity index (χ0n) is 14.5. The van der Waals surface area contributed by atoms with E-state index in [1.165, 1.54) is 20.8 Å². The van der Waals surface area contributed by atoms with Crippen molar-refractivity contribution in [2.45, 2.75) is 45.3 Å². The molecule has 1 aromatic carbocycles. The van der Waals surface area contributed by atoms with Crippen LogP contribution >= 0.6 is 0 Å². The predicted molar refractivity (Wildman–Crippen MR) is 92.2 cm³/mol. The van der Waals surface area contributed by atoms with Crippen molar-refractivity contribution in [2.75, 3.05) is 0 Å². The fourth-order valence-corrected chi connectivity index (χ4v) is 2.09. The van der Waals surface area contributed by atoms with Gasteiger partial charge in [-0.15, -0.1) is 0 Å². The molecule has 0 saturated heterocycles. The van der Waals surface area contributed by atoms with Crippen molar-refractivity contribution in [1.82, 2.24) is 16.0 Å². The van der Waals surface area contributed by atoms with Crippen LogP contribution in [0.5, 0.6) is 0 Å². The third kappa shape index (κ3) is 7.03. The van der Waals surface area contributed by atoms with Crippen molar-refractivity contribution < 1.29 is 19.2 Å². The lowest BCUT2D eigenvalue weighted by atomic mass is 10.0. The third-order valence-corrected chi connectivity index (χ3v) is 3.51. The van der Waals surface area contributed by atoms with Crippen LogP contribution in [-0.4, -0.2) is 41.8 Å². The van der Waals surface area contributed by atoms with Crippen molar-refractivity contribution in [3.63, 3.8) is 0 Å². The molecule has 3 atom stereocenters. The van der Waals surface area contributed by atoms with Crippen LogP contribution in [0.25, 0.3) is 0 Å². The number of hydrogen-bond donors (Lipinski definition) is 4. The summed E-state index contributed by atoms with van der Waals surface area (Å²) in [7, 11) is 0. The van der Waals surface area contributed by atoms with Crippen LogP contribution in [0, 0.1) is 0 Å². The Morgan fingerprint density at radius 1 is 0.920 bits per heavy atom. The van der Waals surface area contributed by atoms with Crippen molar-refractivity contribution in [1.29, 1.82) is 0 Å². The Balaban J connectivity index is 2.72. The molecule has 4 amide bonds. The van der Waals surface area contributed by atoms with E-state index >= 15 is 0 Å². The Kier molecular flexibility index (Phi) is 7.58. The van der Waals surface area contributed by atoms with Gasteiger partial charge in [0.15, 0.2) is 0 Å². The number of carbonyl (C=O) groups is 4. The van der Waals surface area contributed by atoms with Crippen molar-refractivity contribution in [3.8, 4) is 0 Å². The number of benzene rings is 1. The van der Waals surface area contributed by atoms with Crippen LogP contribution in [0.2, 0.25) is 0 Å². The zero-order valence-corrected chi connectivity index (χ0v) is 14.5. The maximum Gasteiger partial charge on any atom is 0.243 e. The van der Waals surface area contributed by atoms with E-state index in [-0.39, 0.29) is 12.3 Å². The molecule has 0 aliphatic rings. The highest BCUT2D eigenvalue weighted by Gasteiger charge is 2.25. The molecular weight excluding hydrogens is 324 g/mol. The Hall–Kier alpha value is -2.90. The number of hydrogen-bond acceptors (Lipinski definition) is 4. The second-order valence-electron chi connectivity index (χ2n) is 5.81. The molecule has 0 aliphatic heterocycles. The van der Waals surface area contributed by atoms with E-state index in [0.717, 1.165) is 5.56 Å². The minimum Gasteiger partial charge on any atom is -0.368 e. The van der Waals surface area contributed by atoms with Crippen LogP contribution in [0.1, 0.15) is 26.3 Å². The van der Waals surface area contributed by atoms with Crippen LogP contribution in [0.4, 0.5) is 0 Å². The predicted octanol–water partition coefficient (Wildman–Crippen LogP) is -0.771. The van der Waals surface area contributed by atoms with E-state index < -0.39 is 35.8 Å². The maximum atomic E-state index is 12.4. The second kappa shape index (κ2) is 9.41. The number of nitrogens with one attached hydrogen (secondary N) is 3. The van der Waals surface area contributed by atoms with Gasteiger partial charge in [-0.1, -0.05) is 30.3 Å². The van der Waals surface area contributed by atoms with Gasteiger partial charge in [0.2, 0.25) is 23.6 Å². The summed E-state index contributed by atoms with van der Waals surface area (Å²) in [5.41, 5.74) is 5.96. The van der Waals surface area contributed by atoms with Gasteiger partial charge in [0.1, 0.15) is 18.1 Å². The molecule has 0 heterocycles. The van der Waals surface area contributed by atoms with Crippen molar-refractivity contribution in [2.24, 2.45) is 5.73 Å². The minimum absolute atomic E-state index is 0.290. The first-order valence-electron chi connectivity index (χ1n) is 7.91. The average molecular weight is 348 g/mol. The minimum atomic E-state index is -0.888. The van der Waals surface area contributed by atoms with Gasteiger partial charge >= 0.3 is 0 Å². The number of amides is 4. The Morgan fingerprint density at radius 3 is 2.00 bits per heavy atom. The van der Waals surface area contributed by atoms with Crippen molar-refractivity contribution in [3.05, 3.63) is 35.9 Å². The first-order valence-corrected chi connectivity index (χ1v) is 7.91. The van der Waals surface area contributed by atoms with Crippen LogP contribution in [-0.2, 0) is 25.6 Å². The summed E-state index contributed by atoms with van der Waals surface area (Å²) in [6.07, 6.45) is 0.290. The van der Waals surface area contributed by atoms with Crippen LogP contribution in [0.15, 0.2) is 30.3 Å².